The van der Waals surface area contributed by atoms with Gasteiger partial charge in [-0.15, -0.1) is 0 Å². The van der Waals surface area contributed by atoms with Crippen molar-refractivity contribution < 1.29 is 9.22 Å². The van der Waals surface area contributed by atoms with Crippen LogP contribution in [0.4, 0.5) is 0 Å². The number of aldehydes is 1. The van der Waals surface area contributed by atoms with Crippen LogP contribution in [-0.2, 0) is 9.22 Å². The van der Waals surface area contributed by atoms with Gasteiger partial charge in [-0.3, -0.25) is 4.42 Å². The van der Waals surface area contributed by atoms with Gasteiger partial charge in [0.1, 0.15) is 6.42 Å². The molecular weight excluding hydrogens is 80.0 g/mol. The average molecular weight is 85.1 g/mol. The van der Waals surface area contributed by atoms with Crippen molar-refractivity contribution in [3.8, 4) is 0 Å². The second-order valence-electron chi connectivity index (χ2n) is 1.20. The van der Waals surface area contributed by atoms with E-state index in [1.54, 1.807) is 0 Å². The Bertz CT molecular complexity index is 93.7. The van der Waals surface area contributed by atoms with Crippen molar-refractivity contribution in [2.75, 3.05) is 0 Å². The van der Waals surface area contributed by atoms with E-state index < -0.39 is 0 Å². The van der Waals surface area contributed by atoms with E-state index in [1.807, 2.05) is 0 Å². The second-order valence-corrected chi connectivity index (χ2v) is 1.20. The summed E-state index contributed by atoms with van der Waals surface area (Å²) < 4.78 is 4.39. The fourth-order valence-corrected chi connectivity index (χ4v) is 0.388. The summed E-state index contributed by atoms with van der Waals surface area (Å²) in [5.74, 6) is -0.102. The second kappa shape index (κ2) is 1.20. The zero-order valence-corrected chi connectivity index (χ0v) is 3.31. The molecule has 0 saturated carbocycles. The molecule has 6 heavy (non-hydrogen) atoms. The highest BCUT2D eigenvalue weighted by Crippen LogP contribution is 1.91. The third kappa shape index (κ3) is 0.455. The van der Waals surface area contributed by atoms with Crippen molar-refractivity contribution in [2.45, 2.75) is 12.8 Å². The molecule has 1 rings (SSSR count). The van der Waals surface area contributed by atoms with Crippen LogP contribution < -0.4 is 0 Å². The third-order valence-corrected chi connectivity index (χ3v) is 0.681. The lowest BCUT2D eigenvalue weighted by molar-refractivity contribution is -0.366. The molecule has 0 bridgehead atoms. The SMILES string of the molecule is O=C1CCC=[O+]1. The van der Waals surface area contributed by atoms with Crippen molar-refractivity contribution in [3.63, 3.8) is 0 Å². The standard InChI is InChI=1S/C4H5O2/c5-4-2-1-3-6-4/h3H,1-2H2/q+1. The van der Waals surface area contributed by atoms with Crippen molar-refractivity contribution in [2.24, 2.45) is 0 Å². The minimum Gasteiger partial charge on any atom is -0.285 e. The summed E-state index contributed by atoms with van der Waals surface area (Å²) in [6, 6.07) is 0. The van der Waals surface area contributed by atoms with E-state index in [-0.39, 0.29) is 5.97 Å². The molecule has 1 heterocycles. The van der Waals surface area contributed by atoms with Gasteiger partial charge in [0.2, 0.25) is 0 Å². The summed E-state index contributed by atoms with van der Waals surface area (Å²) >= 11 is 0. The highest BCUT2D eigenvalue weighted by atomic mass is 16.4. The Morgan fingerprint density at radius 2 is 2.67 bits per heavy atom. The smallest absolute Gasteiger partial charge is 0.285 e. The van der Waals surface area contributed by atoms with Crippen molar-refractivity contribution >= 4 is 12.3 Å². The fraction of sp³-hybridized carbons (Fsp3) is 0.500. The van der Waals surface area contributed by atoms with E-state index in [0.29, 0.717) is 6.42 Å². The number of carbonyl (C=O) groups excluding carboxylic acids is 2. The quantitative estimate of drug-likeness (QED) is 0.301. The largest absolute Gasteiger partial charge is 0.580 e. The van der Waals surface area contributed by atoms with Crippen LogP contribution >= 0.6 is 0 Å². The van der Waals surface area contributed by atoms with E-state index in [4.69, 9.17) is 0 Å². The van der Waals surface area contributed by atoms with Gasteiger partial charge in [0.25, 0.3) is 0 Å². The molecule has 0 fully saturated rings. The van der Waals surface area contributed by atoms with Gasteiger partial charge < -0.3 is 0 Å². The zero-order chi connectivity index (χ0) is 4.41. The highest BCUT2D eigenvalue weighted by molar-refractivity contribution is 5.76. The summed E-state index contributed by atoms with van der Waals surface area (Å²) in [7, 11) is 0. The van der Waals surface area contributed by atoms with Crippen LogP contribution in [0.2, 0.25) is 0 Å². The van der Waals surface area contributed by atoms with E-state index in [1.165, 1.54) is 6.29 Å². The summed E-state index contributed by atoms with van der Waals surface area (Å²) in [6.07, 6.45) is 2.89. The van der Waals surface area contributed by atoms with Gasteiger partial charge in [0, 0.05) is 11.2 Å². The lowest BCUT2D eigenvalue weighted by Gasteiger charge is -1.53. The summed E-state index contributed by atoms with van der Waals surface area (Å²) in [5.41, 5.74) is 0. The van der Waals surface area contributed by atoms with E-state index >= 15 is 0 Å². The predicted molar refractivity (Wildman–Crippen MR) is 20.3 cm³/mol. The molecule has 0 aromatic carbocycles. The van der Waals surface area contributed by atoms with Crippen molar-refractivity contribution in [1.82, 2.24) is 0 Å². The first-order valence-corrected chi connectivity index (χ1v) is 1.91. The zero-order valence-electron chi connectivity index (χ0n) is 3.31. The first-order chi connectivity index (χ1) is 2.89. The molecule has 0 N–H and O–H groups in total. The van der Waals surface area contributed by atoms with Gasteiger partial charge in [-0.2, -0.15) is 0 Å². The van der Waals surface area contributed by atoms with Crippen molar-refractivity contribution in [1.29, 1.82) is 0 Å². The van der Waals surface area contributed by atoms with E-state index in [2.05, 4.69) is 4.42 Å². The molecule has 0 aliphatic carbocycles. The van der Waals surface area contributed by atoms with Gasteiger partial charge in [-0.05, 0) is 0 Å². The lowest BCUT2D eigenvalue weighted by atomic mass is 10.4. The molecule has 0 unspecified atom stereocenters. The van der Waals surface area contributed by atoms with Crippen molar-refractivity contribution in [3.05, 3.63) is 0 Å². The summed E-state index contributed by atoms with van der Waals surface area (Å²) in [6.45, 7) is 0. The molecule has 0 aromatic rings. The minimum absolute atomic E-state index is 0.102. The number of rotatable bonds is 0. The molecule has 32 valence electrons. The van der Waals surface area contributed by atoms with Crippen LogP contribution in [0.25, 0.3) is 0 Å². The van der Waals surface area contributed by atoms with Gasteiger partial charge in [-0.1, -0.05) is 0 Å². The number of hydrogen-bond acceptors (Lipinski definition) is 1. The molecule has 0 saturated heterocycles. The van der Waals surface area contributed by atoms with Gasteiger partial charge in [-0.25, -0.2) is 0 Å². The highest BCUT2D eigenvalue weighted by Gasteiger charge is 2.16. The van der Waals surface area contributed by atoms with Crippen LogP contribution in [0.3, 0.4) is 0 Å². The monoisotopic (exact) mass is 85.0 g/mol. The van der Waals surface area contributed by atoms with Gasteiger partial charge >= 0.3 is 5.97 Å². The van der Waals surface area contributed by atoms with E-state index in [0.717, 1.165) is 6.42 Å². The Balaban J connectivity index is 2.59. The normalized spacial score (nSPS) is 19.7. The molecule has 0 atom stereocenters. The molecule has 0 radical (unpaired) electrons. The number of hydrogen-bond donors (Lipinski definition) is 0. The third-order valence-electron chi connectivity index (χ3n) is 0.681. The Kier molecular flexibility index (Phi) is 0.708. The molecular formula is C4H5O2+. The maximum atomic E-state index is 9.99. The fourth-order valence-electron chi connectivity index (χ4n) is 0.388. The predicted octanol–water partition coefficient (Wildman–Crippen LogP) is 0.0414. The lowest BCUT2D eigenvalue weighted by Crippen LogP contribution is -1.85. The molecule has 1 aliphatic heterocycles. The molecule has 0 aromatic heterocycles. The summed E-state index contributed by atoms with van der Waals surface area (Å²) in [4.78, 5) is 9.99. The molecule has 2 nitrogen and oxygen atoms in total. The van der Waals surface area contributed by atoms with Crippen LogP contribution in [0.15, 0.2) is 0 Å². The Labute approximate surface area is 35.5 Å². The van der Waals surface area contributed by atoms with E-state index in [9.17, 15) is 4.79 Å². The van der Waals surface area contributed by atoms with Gasteiger partial charge in [0.05, 0.1) is 0 Å². The van der Waals surface area contributed by atoms with Crippen LogP contribution in [0.5, 0.6) is 0 Å². The van der Waals surface area contributed by atoms with Crippen LogP contribution in [-0.4, -0.2) is 12.3 Å². The Hall–Kier alpha value is -0.660. The Morgan fingerprint density at radius 3 is 2.83 bits per heavy atom. The molecule has 0 spiro atoms. The molecule has 0 amide bonds. The average Bonchev–Trinajstić information content (AvgIpc) is 1.86. The minimum atomic E-state index is -0.102. The molecule has 2 heteroatoms. The van der Waals surface area contributed by atoms with Gasteiger partial charge in [0.15, 0.2) is 6.29 Å². The first-order valence-electron chi connectivity index (χ1n) is 1.91. The maximum absolute atomic E-state index is 9.99. The first kappa shape index (κ1) is 3.53. The maximum Gasteiger partial charge on any atom is 0.580 e. The Morgan fingerprint density at radius 1 is 1.83 bits per heavy atom. The summed E-state index contributed by atoms with van der Waals surface area (Å²) in [5, 5.41) is 0. The topological polar surface area (TPSA) is 28.4 Å². The van der Waals surface area contributed by atoms with Crippen LogP contribution in [0.1, 0.15) is 12.8 Å². The number of carbonyl (C=O) groups is 1. The molecule has 1 aliphatic rings. The van der Waals surface area contributed by atoms with Crippen LogP contribution in [0, 0.1) is 0 Å².